The van der Waals surface area contributed by atoms with Crippen molar-refractivity contribution >= 4 is 51.4 Å². The van der Waals surface area contributed by atoms with Gasteiger partial charge in [0.25, 0.3) is 11.5 Å². The van der Waals surface area contributed by atoms with Crippen LogP contribution in [-0.4, -0.2) is 10.5 Å². The van der Waals surface area contributed by atoms with Gasteiger partial charge in [-0.05, 0) is 77.4 Å². The van der Waals surface area contributed by atoms with Crippen molar-refractivity contribution in [3.05, 3.63) is 174 Å². The second-order valence-electron chi connectivity index (χ2n) is 11.1. The molecular weight excluding hydrogens is 633 g/mol. The van der Waals surface area contributed by atoms with Crippen LogP contribution in [0.15, 0.2) is 136 Å². The lowest BCUT2D eigenvalue weighted by Gasteiger charge is -2.25. The number of hydrogen-bond acceptors (Lipinski definition) is 5. The van der Waals surface area contributed by atoms with E-state index in [0.29, 0.717) is 49.2 Å². The summed E-state index contributed by atoms with van der Waals surface area (Å²) >= 11 is 7.30. The third-order valence-electron chi connectivity index (χ3n) is 8.00. The number of amides is 1. The molecule has 1 N–H and O–H groups in total. The van der Waals surface area contributed by atoms with E-state index in [1.807, 2.05) is 84.9 Å². The van der Waals surface area contributed by atoms with E-state index in [2.05, 4.69) is 5.32 Å². The van der Waals surface area contributed by atoms with Crippen molar-refractivity contribution in [2.24, 2.45) is 4.99 Å². The SMILES string of the molecule is CC1=C(C(=O)Nc2ccccc2)[C@H](c2ccc(F)cc2)n2c(s/c(=C\c3c(OCc4ccc(Cl)cc4)ccc4ccccc34)c2=O)=N1. The van der Waals surface area contributed by atoms with Crippen molar-refractivity contribution in [1.29, 1.82) is 0 Å². The lowest BCUT2D eigenvalue weighted by molar-refractivity contribution is -0.113. The number of nitrogens with zero attached hydrogens (tertiary/aromatic N) is 2. The summed E-state index contributed by atoms with van der Waals surface area (Å²) in [6.07, 6.45) is 1.83. The molecule has 0 saturated carbocycles. The summed E-state index contributed by atoms with van der Waals surface area (Å²) in [4.78, 5) is 33.3. The molecule has 1 atom stereocenters. The predicted molar refractivity (Wildman–Crippen MR) is 185 cm³/mol. The maximum Gasteiger partial charge on any atom is 0.271 e. The summed E-state index contributed by atoms with van der Waals surface area (Å²) in [6.45, 7) is 2.06. The maximum atomic E-state index is 14.4. The molecule has 232 valence electrons. The number of carbonyl (C=O) groups excluding carboxylic acids is 1. The molecule has 0 radical (unpaired) electrons. The van der Waals surface area contributed by atoms with E-state index in [1.54, 1.807) is 31.2 Å². The van der Waals surface area contributed by atoms with E-state index < -0.39 is 17.8 Å². The molecule has 7 rings (SSSR count). The van der Waals surface area contributed by atoms with Crippen LogP contribution in [0.5, 0.6) is 5.75 Å². The van der Waals surface area contributed by atoms with Gasteiger partial charge >= 0.3 is 0 Å². The van der Waals surface area contributed by atoms with Gasteiger partial charge < -0.3 is 10.1 Å². The summed E-state index contributed by atoms with van der Waals surface area (Å²) in [5, 5.41) is 5.49. The van der Waals surface area contributed by atoms with Crippen molar-refractivity contribution in [1.82, 2.24) is 4.57 Å². The Kier molecular flexibility index (Phi) is 8.28. The first-order chi connectivity index (χ1) is 22.9. The van der Waals surface area contributed by atoms with Gasteiger partial charge in [-0.1, -0.05) is 95.7 Å². The molecule has 9 heteroatoms. The number of allylic oxidation sites excluding steroid dienone is 1. The van der Waals surface area contributed by atoms with Gasteiger partial charge in [-0.3, -0.25) is 14.2 Å². The minimum atomic E-state index is -0.828. The molecule has 6 nitrogen and oxygen atoms in total. The smallest absolute Gasteiger partial charge is 0.271 e. The maximum absolute atomic E-state index is 14.4. The van der Waals surface area contributed by atoms with E-state index in [4.69, 9.17) is 21.3 Å². The van der Waals surface area contributed by atoms with Crippen LogP contribution in [-0.2, 0) is 11.4 Å². The van der Waals surface area contributed by atoms with Gasteiger partial charge in [0.15, 0.2) is 4.80 Å². The highest BCUT2D eigenvalue weighted by atomic mass is 35.5. The monoisotopic (exact) mass is 659 g/mol. The molecule has 0 aliphatic carbocycles. The van der Waals surface area contributed by atoms with Crippen LogP contribution in [0.4, 0.5) is 10.1 Å². The average Bonchev–Trinajstić information content (AvgIpc) is 3.39. The molecule has 0 spiro atoms. The molecule has 1 amide bonds. The highest BCUT2D eigenvalue weighted by molar-refractivity contribution is 7.07. The van der Waals surface area contributed by atoms with Crippen LogP contribution in [0.1, 0.15) is 29.7 Å². The van der Waals surface area contributed by atoms with Crippen LogP contribution in [0.3, 0.4) is 0 Å². The van der Waals surface area contributed by atoms with Gasteiger partial charge in [-0.25, -0.2) is 9.38 Å². The molecule has 2 heterocycles. The second-order valence-corrected chi connectivity index (χ2v) is 12.5. The molecule has 0 fully saturated rings. The van der Waals surface area contributed by atoms with Crippen LogP contribution < -0.4 is 24.9 Å². The minimum Gasteiger partial charge on any atom is -0.488 e. The van der Waals surface area contributed by atoms with E-state index in [1.165, 1.54) is 28.0 Å². The summed E-state index contributed by atoms with van der Waals surface area (Å²) < 4.78 is 22.3. The molecule has 0 unspecified atom stereocenters. The van der Waals surface area contributed by atoms with Gasteiger partial charge in [-0.15, -0.1) is 0 Å². The van der Waals surface area contributed by atoms with Gasteiger partial charge in [0, 0.05) is 16.3 Å². The number of rotatable bonds is 7. The highest BCUT2D eigenvalue weighted by Gasteiger charge is 2.32. The Labute approximate surface area is 278 Å². The quantitative estimate of drug-likeness (QED) is 0.194. The van der Waals surface area contributed by atoms with E-state index in [0.717, 1.165) is 21.9 Å². The number of halogens is 2. The fraction of sp³-hybridized carbons (Fsp3) is 0.0789. The van der Waals surface area contributed by atoms with E-state index in [-0.39, 0.29) is 5.56 Å². The van der Waals surface area contributed by atoms with Gasteiger partial charge in [0.2, 0.25) is 0 Å². The molecular formula is C38H27ClFN3O3S. The number of fused-ring (bicyclic) bond motifs is 2. The van der Waals surface area contributed by atoms with Crippen molar-refractivity contribution in [3.8, 4) is 5.75 Å². The largest absolute Gasteiger partial charge is 0.488 e. The number of carbonyl (C=O) groups is 1. The van der Waals surface area contributed by atoms with E-state index >= 15 is 0 Å². The Morgan fingerprint density at radius 3 is 2.45 bits per heavy atom. The Balaban J connectivity index is 1.36. The number of hydrogen-bond donors (Lipinski definition) is 1. The third-order valence-corrected chi connectivity index (χ3v) is 9.23. The molecule has 0 saturated heterocycles. The topological polar surface area (TPSA) is 72.7 Å². The standard InChI is InChI=1S/C38H27ClFN3O3S/c1-23-34(36(44)42-29-8-3-2-4-9-29)35(26-13-18-28(40)19-14-26)43-37(45)33(47-38(43)41-23)21-31-30-10-6-5-7-25(30)15-20-32(31)46-22-24-11-16-27(39)17-12-24/h2-21,35H,22H2,1H3,(H,42,44)/b33-21-/t35-/m0/s1. The molecule has 1 aromatic heterocycles. The summed E-state index contributed by atoms with van der Waals surface area (Å²) in [5.74, 6) is -0.203. The fourth-order valence-electron chi connectivity index (χ4n) is 5.72. The molecule has 0 bridgehead atoms. The molecule has 1 aliphatic heterocycles. The first-order valence-electron chi connectivity index (χ1n) is 14.9. The minimum absolute atomic E-state index is 0.302. The average molecular weight is 660 g/mol. The zero-order valence-electron chi connectivity index (χ0n) is 25.1. The first-order valence-corrected chi connectivity index (χ1v) is 16.1. The zero-order chi connectivity index (χ0) is 32.5. The summed E-state index contributed by atoms with van der Waals surface area (Å²) in [7, 11) is 0. The number of anilines is 1. The normalized spacial score (nSPS) is 14.5. The van der Waals surface area contributed by atoms with Crippen LogP contribution in [0.25, 0.3) is 16.8 Å². The predicted octanol–water partition coefficient (Wildman–Crippen LogP) is 7.40. The number of para-hydroxylation sites is 1. The number of thiazole rings is 1. The number of nitrogens with one attached hydrogen (secondary N) is 1. The van der Waals surface area contributed by atoms with Crippen molar-refractivity contribution in [2.75, 3.05) is 5.32 Å². The Morgan fingerprint density at radius 1 is 0.957 bits per heavy atom. The Morgan fingerprint density at radius 2 is 1.68 bits per heavy atom. The van der Waals surface area contributed by atoms with Crippen LogP contribution >= 0.6 is 22.9 Å². The fourth-order valence-corrected chi connectivity index (χ4v) is 6.87. The van der Waals surface area contributed by atoms with Crippen molar-refractivity contribution < 1.29 is 13.9 Å². The Hall–Kier alpha value is -5.31. The number of benzene rings is 5. The van der Waals surface area contributed by atoms with Crippen LogP contribution in [0, 0.1) is 5.82 Å². The van der Waals surface area contributed by atoms with Crippen molar-refractivity contribution in [3.63, 3.8) is 0 Å². The third kappa shape index (κ3) is 6.13. The summed E-state index contributed by atoms with van der Waals surface area (Å²) in [5.41, 5.74) is 3.34. The molecule has 6 aromatic rings. The van der Waals surface area contributed by atoms with Gasteiger partial charge in [0.05, 0.1) is 21.8 Å². The molecule has 1 aliphatic rings. The van der Waals surface area contributed by atoms with E-state index in [9.17, 15) is 14.0 Å². The van der Waals surface area contributed by atoms with Gasteiger partial charge in [-0.2, -0.15) is 0 Å². The number of aromatic nitrogens is 1. The first kappa shape index (κ1) is 30.3. The van der Waals surface area contributed by atoms with Crippen LogP contribution in [0.2, 0.25) is 5.02 Å². The highest BCUT2D eigenvalue weighted by Crippen LogP contribution is 2.32. The zero-order valence-corrected chi connectivity index (χ0v) is 26.7. The lowest BCUT2D eigenvalue weighted by Crippen LogP contribution is -2.40. The lowest BCUT2D eigenvalue weighted by atomic mass is 9.95. The molecule has 47 heavy (non-hydrogen) atoms. The summed E-state index contributed by atoms with van der Waals surface area (Å²) in [6, 6.07) is 33.3. The number of ether oxygens (including phenoxy) is 1. The van der Waals surface area contributed by atoms with Gasteiger partial charge in [0.1, 0.15) is 18.2 Å². The Bertz CT molecular complexity index is 2350. The van der Waals surface area contributed by atoms with Crippen molar-refractivity contribution in [2.45, 2.75) is 19.6 Å². The second kappa shape index (κ2) is 12.8. The molecule has 5 aromatic carbocycles.